The van der Waals surface area contributed by atoms with E-state index in [1.807, 2.05) is 0 Å². The van der Waals surface area contributed by atoms with Crippen molar-refractivity contribution in [2.45, 2.75) is 38.4 Å². The first-order valence-electron chi connectivity index (χ1n) is 7.64. The van der Waals surface area contributed by atoms with E-state index in [-0.39, 0.29) is 42.5 Å². The normalized spacial score (nSPS) is 27.6. The number of hydrogen-bond donors (Lipinski definition) is 0. The van der Waals surface area contributed by atoms with Crippen LogP contribution in [-0.2, 0) is 28.6 Å². The van der Waals surface area contributed by atoms with Crippen molar-refractivity contribution in [3.05, 3.63) is 24.3 Å². The lowest BCUT2D eigenvalue weighted by molar-refractivity contribution is -0.176. The minimum atomic E-state index is -0.723. The molecule has 128 valence electrons. The average Bonchev–Trinajstić information content (AvgIpc) is 2.73. The van der Waals surface area contributed by atoms with E-state index in [9.17, 15) is 14.4 Å². The summed E-state index contributed by atoms with van der Waals surface area (Å²) < 4.78 is 15.5. The maximum Gasteiger partial charge on any atom is 0.333 e. The van der Waals surface area contributed by atoms with E-state index >= 15 is 0 Å². The highest BCUT2D eigenvalue weighted by Gasteiger charge is 2.52. The second-order valence-electron chi connectivity index (χ2n) is 6.03. The summed E-state index contributed by atoms with van der Waals surface area (Å²) in [5.74, 6) is -2.23. The molecule has 0 N–H and O–H groups in total. The highest BCUT2D eigenvalue weighted by Crippen LogP contribution is 2.41. The van der Waals surface area contributed by atoms with Crippen LogP contribution in [0.15, 0.2) is 24.3 Å². The topological polar surface area (TPSA) is 103 Å². The van der Waals surface area contributed by atoms with Crippen LogP contribution in [0.1, 0.15) is 26.2 Å². The van der Waals surface area contributed by atoms with Crippen LogP contribution in [0.2, 0.25) is 0 Å². The fourth-order valence-electron chi connectivity index (χ4n) is 2.84. The number of ether oxygens (including phenoxy) is 3. The Hall–Kier alpha value is -2.62. The summed E-state index contributed by atoms with van der Waals surface area (Å²) in [5, 5.41) is 9.12. The Bertz CT molecular complexity index is 631. The zero-order valence-electron chi connectivity index (χ0n) is 13.4. The molecule has 4 atom stereocenters. The first-order valence-corrected chi connectivity index (χ1v) is 7.64. The van der Waals surface area contributed by atoms with Gasteiger partial charge in [0.1, 0.15) is 6.10 Å². The summed E-state index contributed by atoms with van der Waals surface area (Å²) in [6.07, 6.45) is -0.627. The zero-order valence-corrected chi connectivity index (χ0v) is 13.4. The fraction of sp³-hybridized carbons (Fsp3) is 0.529. The lowest BCUT2D eigenvalue weighted by Gasteiger charge is -2.29. The predicted molar refractivity (Wildman–Crippen MR) is 81.1 cm³/mol. The zero-order chi connectivity index (χ0) is 17.9. The summed E-state index contributed by atoms with van der Waals surface area (Å²) in [4.78, 5) is 34.8. The van der Waals surface area contributed by atoms with Crippen molar-refractivity contribution >= 4 is 17.9 Å². The molecule has 1 saturated carbocycles. The Morgan fingerprint density at radius 2 is 2.08 bits per heavy atom. The van der Waals surface area contributed by atoms with E-state index in [1.165, 1.54) is 6.92 Å². The van der Waals surface area contributed by atoms with Gasteiger partial charge < -0.3 is 14.2 Å². The number of esters is 3. The second kappa shape index (κ2) is 7.30. The molecule has 2 aliphatic rings. The summed E-state index contributed by atoms with van der Waals surface area (Å²) in [6, 6.07) is 2.09. The van der Waals surface area contributed by atoms with Gasteiger partial charge in [0.2, 0.25) is 0 Å². The van der Waals surface area contributed by atoms with Crippen molar-refractivity contribution in [2.24, 2.45) is 11.8 Å². The van der Waals surface area contributed by atoms with Crippen LogP contribution < -0.4 is 0 Å². The van der Waals surface area contributed by atoms with Crippen molar-refractivity contribution in [3.8, 4) is 6.07 Å². The number of carbonyl (C=O) groups is 3. The number of nitriles is 1. The minimum absolute atomic E-state index is 0.00699. The smallest absolute Gasteiger partial charge is 0.333 e. The van der Waals surface area contributed by atoms with Gasteiger partial charge in [-0.1, -0.05) is 13.2 Å². The van der Waals surface area contributed by atoms with Gasteiger partial charge in [-0.05, 0) is 13.3 Å². The maximum absolute atomic E-state index is 12.1. The molecule has 0 radical (unpaired) electrons. The van der Waals surface area contributed by atoms with Gasteiger partial charge >= 0.3 is 17.9 Å². The molecule has 0 amide bonds. The molecule has 1 heterocycles. The third kappa shape index (κ3) is 3.82. The van der Waals surface area contributed by atoms with Crippen molar-refractivity contribution in [1.29, 1.82) is 5.26 Å². The van der Waals surface area contributed by atoms with Gasteiger partial charge in [0.05, 0.1) is 25.0 Å². The molecule has 24 heavy (non-hydrogen) atoms. The molecule has 1 aliphatic carbocycles. The van der Waals surface area contributed by atoms with Crippen LogP contribution >= 0.6 is 0 Å². The molecule has 1 saturated heterocycles. The van der Waals surface area contributed by atoms with Crippen molar-refractivity contribution in [3.63, 3.8) is 0 Å². The molecule has 2 rings (SSSR count). The van der Waals surface area contributed by atoms with Gasteiger partial charge in [-0.15, -0.1) is 0 Å². The second-order valence-corrected chi connectivity index (χ2v) is 6.03. The molecule has 2 fully saturated rings. The Labute approximate surface area is 139 Å². The highest BCUT2D eigenvalue weighted by molar-refractivity contribution is 5.88. The van der Waals surface area contributed by atoms with E-state index in [2.05, 4.69) is 19.2 Å². The predicted octanol–water partition coefficient (Wildman–Crippen LogP) is 1.44. The number of rotatable bonds is 6. The van der Waals surface area contributed by atoms with Crippen LogP contribution in [0.3, 0.4) is 0 Å². The van der Waals surface area contributed by atoms with Gasteiger partial charge in [-0.25, -0.2) is 9.59 Å². The van der Waals surface area contributed by atoms with Crippen LogP contribution in [0, 0.1) is 23.2 Å². The first kappa shape index (κ1) is 17.7. The SMILES string of the molecule is C=C(C)C(=O)OCCC(=C)C(=O)OC1C2CC(=O)OC1C(C#N)C2. The van der Waals surface area contributed by atoms with Gasteiger partial charge in [0, 0.05) is 23.5 Å². The molecule has 1 aliphatic heterocycles. The third-order valence-corrected chi connectivity index (χ3v) is 4.12. The maximum atomic E-state index is 12.1. The van der Waals surface area contributed by atoms with Crippen LogP contribution in [0.25, 0.3) is 0 Å². The number of nitrogens with zero attached hydrogens (tertiary/aromatic N) is 1. The van der Waals surface area contributed by atoms with E-state index in [0.717, 1.165) is 0 Å². The lowest BCUT2D eigenvalue weighted by atomic mass is 9.99. The first-order chi connectivity index (χ1) is 11.3. The quantitative estimate of drug-likeness (QED) is 0.411. The average molecular weight is 333 g/mol. The number of carbonyl (C=O) groups excluding carboxylic acids is 3. The molecule has 7 heteroatoms. The Kier molecular flexibility index (Phi) is 5.39. The van der Waals surface area contributed by atoms with E-state index in [4.69, 9.17) is 19.5 Å². The summed E-state index contributed by atoms with van der Waals surface area (Å²) in [7, 11) is 0. The van der Waals surface area contributed by atoms with Crippen molar-refractivity contribution in [2.75, 3.05) is 6.61 Å². The molecule has 0 aromatic heterocycles. The van der Waals surface area contributed by atoms with Crippen LogP contribution in [0.4, 0.5) is 0 Å². The van der Waals surface area contributed by atoms with Crippen molar-refractivity contribution < 1.29 is 28.6 Å². The Balaban J connectivity index is 1.87. The molecular formula is C17H19NO6. The van der Waals surface area contributed by atoms with Gasteiger partial charge in [-0.3, -0.25) is 4.79 Å². The Morgan fingerprint density at radius 1 is 1.38 bits per heavy atom. The van der Waals surface area contributed by atoms with Crippen LogP contribution in [-0.4, -0.2) is 36.7 Å². The molecule has 4 unspecified atom stereocenters. The molecule has 2 bridgehead atoms. The fourth-order valence-corrected chi connectivity index (χ4v) is 2.84. The third-order valence-electron chi connectivity index (χ3n) is 4.12. The van der Waals surface area contributed by atoms with E-state index < -0.39 is 30.1 Å². The summed E-state index contributed by atoms with van der Waals surface area (Å²) >= 11 is 0. The molecule has 0 spiro atoms. The summed E-state index contributed by atoms with van der Waals surface area (Å²) in [5.41, 5.74) is 0.417. The van der Waals surface area contributed by atoms with Gasteiger partial charge in [-0.2, -0.15) is 5.26 Å². The lowest BCUT2D eigenvalue weighted by Crippen LogP contribution is -2.42. The number of fused-ring (bicyclic) bond motifs is 2. The van der Waals surface area contributed by atoms with Crippen LogP contribution in [0.5, 0.6) is 0 Å². The van der Waals surface area contributed by atoms with E-state index in [1.54, 1.807) is 0 Å². The van der Waals surface area contributed by atoms with Crippen molar-refractivity contribution in [1.82, 2.24) is 0 Å². The monoisotopic (exact) mass is 333 g/mol. The largest absolute Gasteiger partial charge is 0.462 e. The molecular weight excluding hydrogens is 314 g/mol. The summed E-state index contributed by atoms with van der Waals surface area (Å²) in [6.45, 7) is 8.60. The number of hydrogen-bond acceptors (Lipinski definition) is 7. The Morgan fingerprint density at radius 3 is 2.71 bits per heavy atom. The highest BCUT2D eigenvalue weighted by atomic mass is 16.6. The molecule has 7 nitrogen and oxygen atoms in total. The molecule has 0 aromatic rings. The van der Waals surface area contributed by atoms with E-state index in [0.29, 0.717) is 6.42 Å². The van der Waals surface area contributed by atoms with Gasteiger partial charge in [0.15, 0.2) is 6.10 Å². The standard InChI is InChI=1S/C17H19NO6/c1-9(2)16(20)22-5-4-10(3)17(21)24-14-11-6-12(8-18)15(14)23-13(19)7-11/h11-12,14-15H,1,3-7H2,2H3. The molecule has 0 aromatic carbocycles. The minimum Gasteiger partial charge on any atom is -0.462 e. The van der Waals surface area contributed by atoms with Gasteiger partial charge in [0.25, 0.3) is 0 Å².